The molecule has 2 N–H and O–H groups in total. The summed E-state index contributed by atoms with van der Waals surface area (Å²) >= 11 is 0. The van der Waals surface area contributed by atoms with Gasteiger partial charge in [0.2, 0.25) is 0 Å². The molecule has 0 aliphatic heterocycles. The predicted octanol–water partition coefficient (Wildman–Crippen LogP) is 3.57. The van der Waals surface area contributed by atoms with Gasteiger partial charge in [0, 0.05) is 11.3 Å². The molecule has 7 nitrogen and oxygen atoms in total. The normalized spacial score (nSPS) is 11.3. The summed E-state index contributed by atoms with van der Waals surface area (Å²) in [5, 5.41) is 3.93. The summed E-state index contributed by atoms with van der Waals surface area (Å²) in [6.07, 6.45) is 1.50. The molecule has 0 saturated carbocycles. The maximum Gasteiger partial charge on any atom is 0.271 e. The number of carbonyl (C=O) groups is 1. The molecular formula is C22H21N3O4S. The fourth-order valence-electron chi connectivity index (χ4n) is 2.57. The van der Waals surface area contributed by atoms with E-state index in [-0.39, 0.29) is 4.90 Å². The minimum absolute atomic E-state index is 0.168. The third kappa shape index (κ3) is 5.45. The number of carbonyl (C=O) groups excluding carboxylic acids is 1. The Kier molecular flexibility index (Phi) is 6.48. The molecule has 0 unspecified atom stereocenters. The summed E-state index contributed by atoms with van der Waals surface area (Å²) < 4.78 is 32.5. The number of hydrazone groups is 1. The van der Waals surface area contributed by atoms with E-state index in [1.165, 1.54) is 30.5 Å². The van der Waals surface area contributed by atoms with Gasteiger partial charge in [0.1, 0.15) is 5.75 Å². The molecule has 0 aliphatic carbocycles. The molecule has 0 saturated heterocycles. The Bertz CT molecular complexity index is 1160. The first kappa shape index (κ1) is 21.1. The van der Waals surface area contributed by atoms with Gasteiger partial charge in [-0.1, -0.05) is 29.8 Å². The Balaban J connectivity index is 1.62. The molecular weight excluding hydrogens is 402 g/mol. The Morgan fingerprint density at radius 2 is 1.70 bits per heavy atom. The summed E-state index contributed by atoms with van der Waals surface area (Å²) in [6.45, 7) is 1.88. The summed E-state index contributed by atoms with van der Waals surface area (Å²) in [5.41, 5.74) is 4.88. The van der Waals surface area contributed by atoms with Gasteiger partial charge < -0.3 is 4.74 Å². The lowest BCUT2D eigenvalue weighted by molar-refractivity contribution is 0.0955. The van der Waals surface area contributed by atoms with Crippen molar-refractivity contribution in [2.24, 2.45) is 5.10 Å². The fourth-order valence-corrected chi connectivity index (χ4v) is 3.63. The third-order valence-electron chi connectivity index (χ3n) is 4.20. The van der Waals surface area contributed by atoms with Crippen LogP contribution in [0.2, 0.25) is 0 Å². The Hall–Kier alpha value is -3.65. The van der Waals surface area contributed by atoms with Crippen LogP contribution in [0.15, 0.2) is 82.8 Å². The number of amides is 1. The highest BCUT2D eigenvalue weighted by molar-refractivity contribution is 7.92. The van der Waals surface area contributed by atoms with E-state index in [0.717, 1.165) is 11.1 Å². The van der Waals surface area contributed by atoms with Crippen LogP contribution in [0.3, 0.4) is 0 Å². The molecule has 1 amide bonds. The monoisotopic (exact) mass is 423 g/mol. The molecule has 0 atom stereocenters. The molecule has 154 valence electrons. The fraction of sp³-hybridized carbons (Fsp3) is 0.0909. The molecule has 3 aromatic rings. The second-order valence-electron chi connectivity index (χ2n) is 6.47. The van der Waals surface area contributed by atoms with Crippen molar-refractivity contribution >= 4 is 27.8 Å². The third-order valence-corrected chi connectivity index (χ3v) is 5.60. The minimum atomic E-state index is -3.70. The van der Waals surface area contributed by atoms with E-state index in [1.54, 1.807) is 37.4 Å². The lowest BCUT2D eigenvalue weighted by Gasteiger charge is -2.09. The summed E-state index contributed by atoms with van der Waals surface area (Å²) in [7, 11) is -2.13. The standard InChI is InChI=1S/C22H21N3O4S/c1-16-6-12-21(13-7-16)30(27,28)25-19-10-8-18(9-11-19)22(26)24-23-15-17-4-3-5-20(14-17)29-2/h3-15,25H,1-2H3,(H,24,26)/b23-15-. The molecule has 8 heteroatoms. The van der Waals surface area contributed by atoms with Crippen molar-refractivity contribution in [3.63, 3.8) is 0 Å². The van der Waals surface area contributed by atoms with Crippen LogP contribution in [0.25, 0.3) is 0 Å². The number of anilines is 1. The van der Waals surface area contributed by atoms with Gasteiger partial charge in [0.15, 0.2) is 0 Å². The zero-order chi connectivity index (χ0) is 21.6. The van der Waals surface area contributed by atoms with E-state index in [2.05, 4.69) is 15.2 Å². The van der Waals surface area contributed by atoms with Crippen LogP contribution in [-0.4, -0.2) is 27.6 Å². The SMILES string of the molecule is COc1cccc(/C=N\NC(=O)c2ccc(NS(=O)(=O)c3ccc(C)cc3)cc2)c1. The molecule has 0 bridgehead atoms. The Labute approximate surface area is 175 Å². The van der Waals surface area contributed by atoms with Crippen molar-refractivity contribution in [1.82, 2.24) is 5.43 Å². The number of aryl methyl sites for hydroxylation is 1. The number of hydrogen-bond acceptors (Lipinski definition) is 5. The van der Waals surface area contributed by atoms with Gasteiger partial charge in [0.05, 0.1) is 18.2 Å². The molecule has 0 spiro atoms. The first-order chi connectivity index (χ1) is 14.4. The average Bonchev–Trinajstić information content (AvgIpc) is 2.74. The summed E-state index contributed by atoms with van der Waals surface area (Å²) in [6, 6.07) is 19.9. The van der Waals surface area contributed by atoms with Crippen LogP contribution >= 0.6 is 0 Å². The van der Waals surface area contributed by atoms with E-state index in [4.69, 9.17) is 4.74 Å². The first-order valence-electron chi connectivity index (χ1n) is 9.04. The van der Waals surface area contributed by atoms with Gasteiger partial charge in [-0.2, -0.15) is 5.10 Å². The van der Waals surface area contributed by atoms with Gasteiger partial charge in [-0.15, -0.1) is 0 Å². The van der Waals surface area contributed by atoms with Crippen molar-refractivity contribution < 1.29 is 17.9 Å². The number of hydrogen-bond donors (Lipinski definition) is 2. The van der Waals surface area contributed by atoms with E-state index < -0.39 is 15.9 Å². The predicted molar refractivity (Wildman–Crippen MR) is 116 cm³/mol. The number of nitrogens with zero attached hydrogens (tertiary/aromatic N) is 1. The number of ether oxygens (including phenoxy) is 1. The van der Waals surface area contributed by atoms with E-state index in [9.17, 15) is 13.2 Å². The number of benzene rings is 3. The van der Waals surface area contributed by atoms with Crippen molar-refractivity contribution in [3.05, 3.63) is 89.5 Å². The van der Waals surface area contributed by atoms with Crippen molar-refractivity contribution in [1.29, 1.82) is 0 Å². The molecule has 0 aromatic heterocycles. The molecule has 0 aliphatic rings. The van der Waals surface area contributed by atoms with Gasteiger partial charge in [-0.25, -0.2) is 13.8 Å². The molecule has 30 heavy (non-hydrogen) atoms. The zero-order valence-electron chi connectivity index (χ0n) is 16.5. The average molecular weight is 423 g/mol. The minimum Gasteiger partial charge on any atom is -0.497 e. The smallest absolute Gasteiger partial charge is 0.271 e. The van der Waals surface area contributed by atoms with Crippen molar-refractivity contribution in [2.45, 2.75) is 11.8 Å². The molecule has 0 fully saturated rings. The van der Waals surface area contributed by atoms with Crippen molar-refractivity contribution in [3.8, 4) is 5.75 Å². The lowest BCUT2D eigenvalue weighted by atomic mass is 10.2. The molecule has 3 rings (SSSR count). The molecule has 3 aromatic carbocycles. The van der Waals surface area contributed by atoms with Crippen LogP contribution < -0.4 is 14.9 Å². The molecule has 0 heterocycles. The highest BCUT2D eigenvalue weighted by Gasteiger charge is 2.14. The van der Waals surface area contributed by atoms with Gasteiger partial charge in [-0.05, 0) is 61.0 Å². The number of methoxy groups -OCH3 is 1. The summed E-state index contributed by atoms with van der Waals surface area (Å²) in [4.78, 5) is 12.4. The first-order valence-corrected chi connectivity index (χ1v) is 10.5. The number of sulfonamides is 1. The van der Waals surface area contributed by atoms with Crippen molar-refractivity contribution in [2.75, 3.05) is 11.8 Å². The zero-order valence-corrected chi connectivity index (χ0v) is 17.3. The van der Waals surface area contributed by atoms with Gasteiger partial charge >= 0.3 is 0 Å². The lowest BCUT2D eigenvalue weighted by Crippen LogP contribution is -2.18. The van der Waals surface area contributed by atoms with E-state index in [1.807, 2.05) is 25.1 Å². The number of nitrogens with one attached hydrogen (secondary N) is 2. The van der Waals surface area contributed by atoms with Crippen LogP contribution in [-0.2, 0) is 10.0 Å². The largest absolute Gasteiger partial charge is 0.497 e. The molecule has 0 radical (unpaired) electrons. The topological polar surface area (TPSA) is 96.9 Å². The van der Waals surface area contributed by atoms with E-state index >= 15 is 0 Å². The van der Waals surface area contributed by atoms with Gasteiger partial charge in [0.25, 0.3) is 15.9 Å². The maximum absolute atomic E-state index is 12.4. The highest BCUT2D eigenvalue weighted by Crippen LogP contribution is 2.17. The van der Waals surface area contributed by atoms with Crippen LogP contribution in [0, 0.1) is 6.92 Å². The summed E-state index contributed by atoms with van der Waals surface area (Å²) in [5.74, 6) is 0.274. The van der Waals surface area contributed by atoms with Crippen LogP contribution in [0.4, 0.5) is 5.69 Å². The maximum atomic E-state index is 12.4. The Morgan fingerprint density at radius 1 is 1.00 bits per heavy atom. The van der Waals surface area contributed by atoms with Crippen LogP contribution in [0.5, 0.6) is 5.75 Å². The Morgan fingerprint density at radius 3 is 2.37 bits per heavy atom. The van der Waals surface area contributed by atoms with E-state index in [0.29, 0.717) is 17.0 Å². The second kappa shape index (κ2) is 9.23. The second-order valence-corrected chi connectivity index (χ2v) is 8.15. The van der Waals surface area contributed by atoms with Crippen LogP contribution in [0.1, 0.15) is 21.5 Å². The quantitative estimate of drug-likeness (QED) is 0.448. The van der Waals surface area contributed by atoms with Gasteiger partial charge in [-0.3, -0.25) is 9.52 Å². The number of rotatable bonds is 7. The highest BCUT2D eigenvalue weighted by atomic mass is 32.2.